The predicted octanol–water partition coefficient (Wildman–Crippen LogP) is 2.39. The standard InChI is InChI=1S/C13H13BrN2O/c14-11-1-2-12(16-9-11)8-13(17)7-10-3-5-15-6-4-10/h1-6,9,13,17H,7-8H2. The summed E-state index contributed by atoms with van der Waals surface area (Å²) in [7, 11) is 0. The van der Waals surface area contributed by atoms with Crippen LogP contribution in [0.25, 0.3) is 0 Å². The minimum atomic E-state index is -0.411. The number of hydrogen-bond acceptors (Lipinski definition) is 3. The third-order valence-corrected chi connectivity index (χ3v) is 2.92. The molecular formula is C13H13BrN2O. The fourth-order valence-corrected chi connectivity index (χ4v) is 1.87. The van der Waals surface area contributed by atoms with Gasteiger partial charge in [-0.2, -0.15) is 0 Å². The van der Waals surface area contributed by atoms with E-state index in [1.165, 1.54) is 0 Å². The summed E-state index contributed by atoms with van der Waals surface area (Å²) in [6.45, 7) is 0. The Kier molecular flexibility index (Phi) is 4.23. The van der Waals surface area contributed by atoms with Crippen molar-refractivity contribution in [1.29, 1.82) is 0 Å². The molecule has 4 heteroatoms. The van der Waals surface area contributed by atoms with Crippen LogP contribution in [0.5, 0.6) is 0 Å². The van der Waals surface area contributed by atoms with Crippen molar-refractivity contribution >= 4 is 15.9 Å². The zero-order valence-corrected chi connectivity index (χ0v) is 10.8. The van der Waals surface area contributed by atoms with Crippen LogP contribution in [0, 0.1) is 0 Å². The first-order chi connectivity index (χ1) is 8.24. The van der Waals surface area contributed by atoms with Crippen molar-refractivity contribution in [1.82, 2.24) is 9.97 Å². The van der Waals surface area contributed by atoms with Crippen molar-refractivity contribution in [3.63, 3.8) is 0 Å². The molecule has 2 rings (SSSR count). The highest BCUT2D eigenvalue weighted by atomic mass is 79.9. The molecule has 0 aromatic carbocycles. The monoisotopic (exact) mass is 292 g/mol. The van der Waals surface area contributed by atoms with E-state index in [0.29, 0.717) is 12.8 Å². The van der Waals surface area contributed by atoms with Gasteiger partial charge in [0.1, 0.15) is 0 Å². The Hall–Kier alpha value is -1.26. The summed E-state index contributed by atoms with van der Waals surface area (Å²) in [4.78, 5) is 8.19. The van der Waals surface area contributed by atoms with E-state index in [0.717, 1.165) is 15.7 Å². The maximum Gasteiger partial charge on any atom is 0.0635 e. The SMILES string of the molecule is OC(Cc1ccncc1)Cc1ccc(Br)cn1. The van der Waals surface area contributed by atoms with Gasteiger partial charge in [0.25, 0.3) is 0 Å². The lowest BCUT2D eigenvalue weighted by Gasteiger charge is -2.09. The number of halogens is 1. The van der Waals surface area contributed by atoms with Gasteiger partial charge in [0, 0.05) is 35.2 Å². The fourth-order valence-electron chi connectivity index (χ4n) is 1.63. The molecule has 1 atom stereocenters. The predicted molar refractivity (Wildman–Crippen MR) is 69.6 cm³/mol. The molecule has 88 valence electrons. The maximum atomic E-state index is 9.95. The van der Waals surface area contributed by atoms with E-state index in [2.05, 4.69) is 25.9 Å². The molecule has 2 aromatic rings. The first-order valence-electron chi connectivity index (χ1n) is 5.41. The van der Waals surface area contributed by atoms with Gasteiger partial charge in [-0.05, 0) is 52.2 Å². The highest BCUT2D eigenvalue weighted by Gasteiger charge is 2.07. The van der Waals surface area contributed by atoms with Crippen LogP contribution in [0.15, 0.2) is 47.3 Å². The molecule has 2 heterocycles. The van der Waals surface area contributed by atoms with Crippen LogP contribution in [0.4, 0.5) is 0 Å². The molecule has 1 unspecified atom stereocenters. The Balaban J connectivity index is 1.93. The third-order valence-electron chi connectivity index (χ3n) is 2.45. The first kappa shape index (κ1) is 12.2. The van der Waals surface area contributed by atoms with Crippen LogP contribution in [0.1, 0.15) is 11.3 Å². The Morgan fingerprint density at radius 2 is 1.88 bits per heavy atom. The van der Waals surface area contributed by atoms with Crippen LogP contribution in [-0.4, -0.2) is 21.2 Å². The van der Waals surface area contributed by atoms with Gasteiger partial charge in [-0.25, -0.2) is 0 Å². The molecular weight excluding hydrogens is 280 g/mol. The zero-order chi connectivity index (χ0) is 12.1. The number of aliphatic hydroxyl groups excluding tert-OH is 1. The molecule has 17 heavy (non-hydrogen) atoms. The average Bonchev–Trinajstić information content (AvgIpc) is 2.33. The lowest BCUT2D eigenvalue weighted by molar-refractivity contribution is 0.174. The molecule has 0 spiro atoms. The van der Waals surface area contributed by atoms with Gasteiger partial charge >= 0.3 is 0 Å². The fraction of sp³-hybridized carbons (Fsp3) is 0.231. The van der Waals surface area contributed by atoms with Crippen LogP contribution < -0.4 is 0 Å². The van der Waals surface area contributed by atoms with Gasteiger partial charge in [0.15, 0.2) is 0 Å². The van der Waals surface area contributed by atoms with Crippen LogP contribution in [0.3, 0.4) is 0 Å². The van der Waals surface area contributed by atoms with E-state index in [9.17, 15) is 5.11 Å². The van der Waals surface area contributed by atoms with Gasteiger partial charge in [0.2, 0.25) is 0 Å². The molecule has 0 aliphatic carbocycles. The highest BCUT2D eigenvalue weighted by Crippen LogP contribution is 2.10. The summed E-state index contributed by atoms with van der Waals surface area (Å²) in [5, 5.41) is 9.95. The molecule has 0 aliphatic rings. The van der Waals surface area contributed by atoms with E-state index in [-0.39, 0.29) is 0 Å². The number of rotatable bonds is 4. The molecule has 0 saturated carbocycles. The molecule has 1 N–H and O–H groups in total. The quantitative estimate of drug-likeness (QED) is 0.941. The second-order valence-electron chi connectivity index (χ2n) is 3.89. The minimum absolute atomic E-state index is 0.411. The molecule has 0 bridgehead atoms. The Morgan fingerprint density at radius 3 is 2.53 bits per heavy atom. The summed E-state index contributed by atoms with van der Waals surface area (Å²) in [5.74, 6) is 0. The minimum Gasteiger partial charge on any atom is -0.392 e. The first-order valence-corrected chi connectivity index (χ1v) is 6.21. The number of nitrogens with zero attached hydrogens (tertiary/aromatic N) is 2. The van der Waals surface area contributed by atoms with Crippen LogP contribution >= 0.6 is 15.9 Å². The van der Waals surface area contributed by atoms with E-state index in [4.69, 9.17) is 0 Å². The topological polar surface area (TPSA) is 46.0 Å². The number of pyridine rings is 2. The normalized spacial score (nSPS) is 12.4. The van der Waals surface area contributed by atoms with Gasteiger partial charge in [-0.1, -0.05) is 0 Å². The molecule has 2 aromatic heterocycles. The average molecular weight is 293 g/mol. The van der Waals surface area contributed by atoms with Crippen molar-refractivity contribution in [2.24, 2.45) is 0 Å². The Morgan fingerprint density at radius 1 is 1.12 bits per heavy atom. The summed E-state index contributed by atoms with van der Waals surface area (Å²) in [6.07, 6.45) is 6.00. The number of aliphatic hydroxyl groups is 1. The largest absolute Gasteiger partial charge is 0.392 e. The lowest BCUT2D eigenvalue weighted by atomic mass is 10.1. The Labute approximate surface area is 109 Å². The molecule has 0 radical (unpaired) electrons. The van der Waals surface area contributed by atoms with E-state index in [1.807, 2.05) is 24.3 Å². The van der Waals surface area contributed by atoms with Gasteiger partial charge in [-0.3, -0.25) is 9.97 Å². The molecule has 0 amide bonds. The van der Waals surface area contributed by atoms with Crippen molar-refractivity contribution in [3.05, 3.63) is 58.6 Å². The summed E-state index contributed by atoms with van der Waals surface area (Å²) < 4.78 is 0.949. The summed E-state index contributed by atoms with van der Waals surface area (Å²) >= 11 is 3.33. The van der Waals surface area contributed by atoms with E-state index < -0.39 is 6.10 Å². The van der Waals surface area contributed by atoms with E-state index >= 15 is 0 Å². The molecule has 0 saturated heterocycles. The third kappa shape index (κ3) is 3.91. The van der Waals surface area contributed by atoms with Crippen molar-refractivity contribution in [3.8, 4) is 0 Å². The molecule has 0 aliphatic heterocycles. The number of aromatic nitrogens is 2. The number of hydrogen-bond donors (Lipinski definition) is 1. The molecule has 0 fully saturated rings. The molecule has 3 nitrogen and oxygen atoms in total. The van der Waals surface area contributed by atoms with Crippen molar-refractivity contribution in [2.75, 3.05) is 0 Å². The van der Waals surface area contributed by atoms with E-state index in [1.54, 1.807) is 18.6 Å². The second-order valence-corrected chi connectivity index (χ2v) is 4.80. The van der Waals surface area contributed by atoms with Crippen LogP contribution in [-0.2, 0) is 12.8 Å². The van der Waals surface area contributed by atoms with Gasteiger partial charge in [0.05, 0.1) is 6.10 Å². The van der Waals surface area contributed by atoms with Crippen molar-refractivity contribution < 1.29 is 5.11 Å². The Bertz CT molecular complexity index is 459. The summed E-state index contributed by atoms with van der Waals surface area (Å²) in [5.41, 5.74) is 1.99. The summed E-state index contributed by atoms with van der Waals surface area (Å²) in [6, 6.07) is 7.68. The lowest BCUT2D eigenvalue weighted by Crippen LogP contribution is -2.14. The maximum absolute atomic E-state index is 9.95. The highest BCUT2D eigenvalue weighted by molar-refractivity contribution is 9.10. The van der Waals surface area contributed by atoms with Gasteiger partial charge < -0.3 is 5.11 Å². The van der Waals surface area contributed by atoms with Gasteiger partial charge in [-0.15, -0.1) is 0 Å². The zero-order valence-electron chi connectivity index (χ0n) is 9.25. The smallest absolute Gasteiger partial charge is 0.0635 e. The second kappa shape index (κ2) is 5.89. The van der Waals surface area contributed by atoms with Crippen molar-refractivity contribution in [2.45, 2.75) is 18.9 Å². The van der Waals surface area contributed by atoms with Crippen LogP contribution in [0.2, 0.25) is 0 Å².